The van der Waals surface area contributed by atoms with E-state index >= 15 is 0 Å². The summed E-state index contributed by atoms with van der Waals surface area (Å²) in [5.74, 6) is 0. The summed E-state index contributed by atoms with van der Waals surface area (Å²) in [4.78, 5) is 3.88. The highest BCUT2D eigenvalue weighted by atomic mass is 15.4. The lowest BCUT2D eigenvalue weighted by atomic mass is 10.6. The zero-order valence-electron chi connectivity index (χ0n) is 4.60. The van der Waals surface area contributed by atoms with E-state index in [1.807, 2.05) is 0 Å². The topological polar surface area (TPSA) is 43.1 Å². The SMILES string of the molecule is c1cn2nncc2cn1. The monoisotopic (exact) mass is 120 g/mol. The zero-order valence-corrected chi connectivity index (χ0v) is 4.60. The molecule has 0 amide bonds. The second-order valence-electron chi connectivity index (χ2n) is 1.68. The van der Waals surface area contributed by atoms with Gasteiger partial charge in [0.15, 0.2) is 0 Å². The van der Waals surface area contributed by atoms with Crippen LogP contribution in [-0.2, 0) is 0 Å². The fraction of sp³-hybridized carbons (Fsp3) is 0. The summed E-state index contributed by atoms with van der Waals surface area (Å²) in [6.07, 6.45) is 6.79. The standard InChI is InChI=1S/C5H4N4/c1-2-9-5(3-6-1)4-7-8-9/h1-4H. The van der Waals surface area contributed by atoms with E-state index in [-0.39, 0.29) is 0 Å². The first kappa shape index (κ1) is 4.43. The fourth-order valence-corrected chi connectivity index (χ4v) is 0.681. The predicted octanol–water partition coefficient (Wildman–Crippen LogP) is 0.124. The lowest BCUT2D eigenvalue weighted by molar-refractivity contribution is 0.849. The molecule has 9 heavy (non-hydrogen) atoms. The van der Waals surface area contributed by atoms with Crippen molar-refractivity contribution in [2.45, 2.75) is 0 Å². The van der Waals surface area contributed by atoms with Crippen molar-refractivity contribution < 1.29 is 0 Å². The molecule has 0 aliphatic rings. The molecule has 0 radical (unpaired) electrons. The molecule has 4 heteroatoms. The van der Waals surface area contributed by atoms with Crippen LogP contribution in [0.4, 0.5) is 0 Å². The first-order valence-corrected chi connectivity index (χ1v) is 2.57. The maximum atomic E-state index is 3.88. The Labute approximate surface area is 51.1 Å². The summed E-state index contributed by atoms with van der Waals surface area (Å²) in [5.41, 5.74) is 0.914. The fourth-order valence-electron chi connectivity index (χ4n) is 0.681. The van der Waals surface area contributed by atoms with Gasteiger partial charge in [-0.3, -0.25) is 4.98 Å². The molecule has 2 aromatic rings. The minimum Gasteiger partial charge on any atom is -0.261 e. The molecule has 0 N–H and O–H groups in total. The van der Waals surface area contributed by atoms with Gasteiger partial charge in [0, 0.05) is 12.4 Å². The molecule has 0 aliphatic heterocycles. The van der Waals surface area contributed by atoms with Gasteiger partial charge >= 0.3 is 0 Å². The van der Waals surface area contributed by atoms with Crippen LogP contribution in [0.1, 0.15) is 0 Å². The summed E-state index contributed by atoms with van der Waals surface area (Å²) in [6, 6.07) is 0. The minimum absolute atomic E-state index is 0.914. The third-order valence-electron chi connectivity index (χ3n) is 1.10. The van der Waals surface area contributed by atoms with Gasteiger partial charge in [-0.15, -0.1) is 5.10 Å². The van der Waals surface area contributed by atoms with Gasteiger partial charge in [0.2, 0.25) is 0 Å². The van der Waals surface area contributed by atoms with Crippen LogP contribution in [0.25, 0.3) is 5.52 Å². The van der Waals surface area contributed by atoms with Crippen molar-refractivity contribution in [2.24, 2.45) is 0 Å². The van der Waals surface area contributed by atoms with Gasteiger partial charge < -0.3 is 0 Å². The number of hydrogen-bond acceptors (Lipinski definition) is 3. The average Bonchev–Trinajstić information content (AvgIpc) is 2.33. The Morgan fingerprint density at radius 3 is 3.22 bits per heavy atom. The van der Waals surface area contributed by atoms with E-state index in [2.05, 4.69) is 15.3 Å². The number of nitrogens with zero attached hydrogens (tertiary/aromatic N) is 4. The predicted molar refractivity (Wildman–Crippen MR) is 30.8 cm³/mol. The number of rotatable bonds is 0. The van der Waals surface area contributed by atoms with Crippen molar-refractivity contribution in [2.75, 3.05) is 0 Å². The van der Waals surface area contributed by atoms with Crippen LogP contribution in [0.15, 0.2) is 24.8 Å². The smallest absolute Gasteiger partial charge is 0.105 e. The quantitative estimate of drug-likeness (QED) is 0.496. The van der Waals surface area contributed by atoms with E-state index in [0.717, 1.165) is 5.52 Å². The Morgan fingerprint density at radius 2 is 2.33 bits per heavy atom. The maximum absolute atomic E-state index is 3.88. The molecule has 0 aliphatic carbocycles. The Hall–Kier alpha value is -1.45. The first-order chi connectivity index (χ1) is 4.47. The van der Waals surface area contributed by atoms with E-state index in [9.17, 15) is 0 Å². The van der Waals surface area contributed by atoms with Gasteiger partial charge in [0.25, 0.3) is 0 Å². The Balaban J connectivity index is 2.95. The molecule has 0 unspecified atom stereocenters. The van der Waals surface area contributed by atoms with Gasteiger partial charge in [-0.2, -0.15) is 0 Å². The molecule has 0 aromatic carbocycles. The van der Waals surface area contributed by atoms with Crippen LogP contribution >= 0.6 is 0 Å². The molecule has 0 atom stereocenters. The molecular weight excluding hydrogens is 116 g/mol. The first-order valence-electron chi connectivity index (χ1n) is 2.57. The minimum atomic E-state index is 0.914. The third kappa shape index (κ3) is 0.561. The van der Waals surface area contributed by atoms with E-state index in [1.165, 1.54) is 0 Å². The summed E-state index contributed by atoms with van der Waals surface area (Å²) in [7, 11) is 0. The Morgan fingerprint density at radius 1 is 1.33 bits per heavy atom. The van der Waals surface area contributed by atoms with Gasteiger partial charge in [-0.25, -0.2) is 4.52 Å². The second kappa shape index (κ2) is 1.51. The molecule has 2 rings (SSSR count). The van der Waals surface area contributed by atoms with Crippen LogP contribution in [0.2, 0.25) is 0 Å². The normalized spacial score (nSPS) is 10.2. The van der Waals surface area contributed by atoms with Crippen LogP contribution in [0, 0.1) is 0 Å². The highest BCUT2D eigenvalue weighted by molar-refractivity contribution is 5.38. The van der Waals surface area contributed by atoms with Crippen LogP contribution < -0.4 is 0 Å². The van der Waals surface area contributed by atoms with Gasteiger partial charge in [0.05, 0.1) is 12.4 Å². The lowest BCUT2D eigenvalue weighted by Crippen LogP contribution is -1.85. The zero-order chi connectivity index (χ0) is 6.10. The molecule has 2 aromatic heterocycles. The van der Waals surface area contributed by atoms with Crippen molar-refractivity contribution in [1.29, 1.82) is 0 Å². The molecular formula is C5H4N4. The summed E-state index contributed by atoms with van der Waals surface area (Å²) < 4.78 is 1.66. The summed E-state index contributed by atoms with van der Waals surface area (Å²) in [5, 5.41) is 7.42. The van der Waals surface area contributed by atoms with Gasteiger partial charge in [-0.05, 0) is 0 Å². The van der Waals surface area contributed by atoms with E-state index in [0.29, 0.717) is 0 Å². The van der Waals surface area contributed by atoms with Crippen molar-refractivity contribution in [3.63, 3.8) is 0 Å². The third-order valence-corrected chi connectivity index (χ3v) is 1.10. The van der Waals surface area contributed by atoms with E-state index < -0.39 is 0 Å². The van der Waals surface area contributed by atoms with Gasteiger partial charge in [0.1, 0.15) is 5.52 Å². The summed E-state index contributed by atoms with van der Waals surface area (Å²) >= 11 is 0. The van der Waals surface area contributed by atoms with Crippen molar-refractivity contribution in [3.05, 3.63) is 24.8 Å². The molecule has 0 saturated heterocycles. The number of aromatic nitrogens is 4. The molecule has 2 heterocycles. The summed E-state index contributed by atoms with van der Waals surface area (Å²) in [6.45, 7) is 0. The average molecular weight is 120 g/mol. The highest BCUT2D eigenvalue weighted by Gasteiger charge is 1.88. The number of hydrogen-bond donors (Lipinski definition) is 0. The number of fused-ring (bicyclic) bond motifs is 1. The molecule has 4 nitrogen and oxygen atoms in total. The molecule has 0 spiro atoms. The van der Waals surface area contributed by atoms with Crippen LogP contribution in [0.5, 0.6) is 0 Å². The largest absolute Gasteiger partial charge is 0.261 e. The second-order valence-corrected chi connectivity index (χ2v) is 1.68. The maximum Gasteiger partial charge on any atom is 0.105 e. The van der Waals surface area contributed by atoms with Crippen molar-refractivity contribution in [3.8, 4) is 0 Å². The van der Waals surface area contributed by atoms with Crippen molar-refractivity contribution in [1.82, 2.24) is 19.8 Å². The Bertz CT molecular complexity index is 283. The van der Waals surface area contributed by atoms with E-state index in [1.54, 1.807) is 29.3 Å². The van der Waals surface area contributed by atoms with Gasteiger partial charge in [-0.1, -0.05) is 5.21 Å². The van der Waals surface area contributed by atoms with Crippen molar-refractivity contribution >= 4 is 5.52 Å². The Kier molecular flexibility index (Phi) is 0.745. The molecule has 0 fully saturated rings. The molecule has 0 bridgehead atoms. The van der Waals surface area contributed by atoms with E-state index in [4.69, 9.17) is 0 Å². The molecule has 0 saturated carbocycles. The van der Waals surface area contributed by atoms with Crippen LogP contribution in [-0.4, -0.2) is 19.8 Å². The lowest BCUT2D eigenvalue weighted by Gasteiger charge is -1.83. The van der Waals surface area contributed by atoms with Crippen LogP contribution in [0.3, 0.4) is 0 Å². The molecule has 44 valence electrons. The highest BCUT2D eigenvalue weighted by Crippen LogP contribution is 1.92.